The topological polar surface area (TPSA) is 3.24 Å². The lowest BCUT2D eigenvalue weighted by Gasteiger charge is -2.19. The molecule has 15 heavy (non-hydrogen) atoms. The highest BCUT2D eigenvalue weighted by molar-refractivity contribution is 6.30. The minimum atomic E-state index is -0.213. The van der Waals surface area contributed by atoms with Gasteiger partial charge in [0.05, 0.1) is 5.50 Å². The lowest BCUT2D eigenvalue weighted by atomic mass is 10.2. The largest absolute Gasteiger partial charge is 0.283 e. The molecule has 1 aliphatic heterocycles. The first-order chi connectivity index (χ1) is 7.16. The van der Waals surface area contributed by atoms with Crippen LogP contribution in [0.3, 0.4) is 0 Å². The molecule has 0 bridgehead atoms. The van der Waals surface area contributed by atoms with Crippen LogP contribution in [-0.4, -0.2) is 16.9 Å². The van der Waals surface area contributed by atoms with Crippen LogP contribution in [0.25, 0.3) is 0 Å². The molecule has 1 saturated heterocycles. The molecule has 0 saturated carbocycles. The van der Waals surface area contributed by atoms with E-state index in [9.17, 15) is 4.39 Å². The van der Waals surface area contributed by atoms with Gasteiger partial charge >= 0.3 is 0 Å². The number of halogens is 3. The van der Waals surface area contributed by atoms with Crippen molar-refractivity contribution < 1.29 is 4.39 Å². The van der Waals surface area contributed by atoms with Crippen molar-refractivity contribution in [1.82, 2.24) is 4.90 Å². The number of hydrogen-bond acceptors (Lipinski definition) is 1. The second-order valence-corrected chi connectivity index (χ2v) is 4.72. The van der Waals surface area contributed by atoms with Crippen molar-refractivity contribution >= 4 is 23.2 Å². The highest BCUT2D eigenvalue weighted by Crippen LogP contribution is 2.24. The van der Waals surface area contributed by atoms with Crippen molar-refractivity contribution in [3.8, 4) is 0 Å². The second-order valence-electron chi connectivity index (χ2n) is 3.78. The van der Waals surface area contributed by atoms with E-state index >= 15 is 0 Å². The lowest BCUT2D eigenvalue weighted by molar-refractivity contribution is 0.299. The summed E-state index contributed by atoms with van der Waals surface area (Å²) < 4.78 is 13.4. The van der Waals surface area contributed by atoms with Gasteiger partial charge in [-0.05, 0) is 31.0 Å². The van der Waals surface area contributed by atoms with Crippen LogP contribution < -0.4 is 0 Å². The summed E-state index contributed by atoms with van der Waals surface area (Å²) in [6.07, 6.45) is 2.06. The Kier molecular flexibility index (Phi) is 3.49. The van der Waals surface area contributed by atoms with Crippen molar-refractivity contribution in [2.45, 2.75) is 24.9 Å². The molecule has 1 atom stereocenters. The number of hydrogen-bond donors (Lipinski definition) is 0. The molecule has 1 heterocycles. The van der Waals surface area contributed by atoms with Gasteiger partial charge in [0, 0.05) is 23.7 Å². The molecule has 1 nitrogen and oxygen atoms in total. The van der Waals surface area contributed by atoms with E-state index in [1.807, 2.05) is 0 Å². The minimum Gasteiger partial charge on any atom is -0.283 e. The highest BCUT2D eigenvalue weighted by atomic mass is 35.5. The van der Waals surface area contributed by atoms with Gasteiger partial charge < -0.3 is 0 Å². The van der Waals surface area contributed by atoms with E-state index in [1.165, 1.54) is 6.07 Å². The first-order valence-corrected chi connectivity index (χ1v) is 5.80. The summed E-state index contributed by atoms with van der Waals surface area (Å²) in [5, 5.41) is 0.566. The quantitative estimate of drug-likeness (QED) is 0.570. The average Bonchev–Trinajstić information content (AvgIpc) is 2.58. The van der Waals surface area contributed by atoms with Crippen molar-refractivity contribution in [1.29, 1.82) is 0 Å². The monoisotopic (exact) mass is 247 g/mol. The van der Waals surface area contributed by atoms with E-state index in [-0.39, 0.29) is 11.3 Å². The Morgan fingerprint density at radius 3 is 2.93 bits per heavy atom. The van der Waals surface area contributed by atoms with Gasteiger partial charge in [-0.25, -0.2) is 4.39 Å². The van der Waals surface area contributed by atoms with Crippen LogP contribution in [0.1, 0.15) is 18.4 Å². The third kappa shape index (κ3) is 2.63. The number of rotatable bonds is 2. The smallest absolute Gasteiger partial charge is 0.127 e. The van der Waals surface area contributed by atoms with E-state index in [0.29, 0.717) is 17.1 Å². The number of benzene rings is 1. The van der Waals surface area contributed by atoms with Gasteiger partial charge in [-0.2, -0.15) is 0 Å². The maximum atomic E-state index is 13.4. The lowest BCUT2D eigenvalue weighted by Crippen LogP contribution is -2.24. The van der Waals surface area contributed by atoms with Gasteiger partial charge in [0.15, 0.2) is 0 Å². The molecule has 1 aliphatic rings. The number of alkyl halides is 1. The van der Waals surface area contributed by atoms with Gasteiger partial charge in [0.2, 0.25) is 0 Å². The molecule has 1 aromatic carbocycles. The first-order valence-electron chi connectivity index (χ1n) is 4.99. The third-order valence-electron chi connectivity index (χ3n) is 2.67. The van der Waals surface area contributed by atoms with E-state index in [2.05, 4.69) is 4.90 Å². The number of nitrogens with zero attached hydrogens (tertiary/aromatic N) is 1. The Morgan fingerprint density at radius 2 is 2.27 bits per heavy atom. The molecule has 0 spiro atoms. The Labute approximate surface area is 98.8 Å². The average molecular weight is 248 g/mol. The molecule has 2 rings (SSSR count). The van der Waals surface area contributed by atoms with Gasteiger partial charge in [-0.15, -0.1) is 11.6 Å². The zero-order valence-corrected chi connectivity index (χ0v) is 9.73. The summed E-state index contributed by atoms with van der Waals surface area (Å²) in [6.45, 7) is 1.47. The van der Waals surface area contributed by atoms with Crippen LogP contribution in [0, 0.1) is 5.82 Å². The van der Waals surface area contributed by atoms with Gasteiger partial charge in [-0.3, -0.25) is 4.90 Å². The highest BCUT2D eigenvalue weighted by Gasteiger charge is 2.22. The van der Waals surface area contributed by atoms with Gasteiger partial charge in [0.25, 0.3) is 0 Å². The first kappa shape index (κ1) is 11.2. The van der Waals surface area contributed by atoms with Gasteiger partial charge in [-0.1, -0.05) is 11.6 Å². The van der Waals surface area contributed by atoms with Crippen molar-refractivity contribution in [3.63, 3.8) is 0 Å². The minimum absolute atomic E-state index is 0.0309. The Morgan fingerprint density at radius 1 is 1.47 bits per heavy atom. The van der Waals surface area contributed by atoms with Crippen LogP contribution >= 0.6 is 23.2 Å². The fourth-order valence-electron chi connectivity index (χ4n) is 1.85. The SMILES string of the molecule is Fc1ccc(Cl)cc1CN1CCCC1Cl. The Bertz CT molecular complexity index is 356. The molecule has 0 aliphatic carbocycles. The van der Waals surface area contributed by atoms with Crippen LogP contribution in [0.2, 0.25) is 5.02 Å². The predicted octanol–water partition coefficient (Wildman–Crippen LogP) is 3.64. The standard InChI is InChI=1S/C11H12Cl2FN/c12-9-3-4-10(14)8(6-9)7-15-5-1-2-11(15)13/h3-4,6,11H,1-2,5,7H2. The Balaban J connectivity index is 2.12. The fourth-order valence-corrected chi connectivity index (χ4v) is 2.36. The molecular weight excluding hydrogens is 236 g/mol. The fraction of sp³-hybridized carbons (Fsp3) is 0.455. The number of likely N-dealkylation sites (tertiary alicyclic amines) is 1. The molecule has 1 unspecified atom stereocenters. The summed E-state index contributed by atoms with van der Waals surface area (Å²) in [5.41, 5.74) is 0.651. The molecule has 1 aromatic rings. The summed E-state index contributed by atoms with van der Waals surface area (Å²) in [7, 11) is 0. The molecule has 0 amide bonds. The van der Waals surface area contributed by atoms with E-state index in [0.717, 1.165) is 19.4 Å². The summed E-state index contributed by atoms with van der Waals surface area (Å²) in [6, 6.07) is 4.62. The predicted molar refractivity (Wildman–Crippen MR) is 60.7 cm³/mol. The maximum absolute atomic E-state index is 13.4. The second kappa shape index (κ2) is 4.69. The normalized spacial score (nSPS) is 22.2. The summed E-state index contributed by atoms with van der Waals surface area (Å²) >= 11 is 11.9. The van der Waals surface area contributed by atoms with E-state index < -0.39 is 0 Å². The van der Waals surface area contributed by atoms with E-state index in [4.69, 9.17) is 23.2 Å². The summed E-state index contributed by atoms with van der Waals surface area (Å²) in [5.74, 6) is -0.213. The van der Waals surface area contributed by atoms with Crippen molar-refractivity contribution in [3.05, 3.63) is 34.6 Å². The zero-order chi connectivity index (χ0) is 10.8. The molecule has 4 heteroatoms. The third-order valence-corrected chi connectivity index (χ3v) is 3.39. The van der Waals surface area contributed by atoms with Crippen molar-refractivity contribution in [2.24, 2.45) is 0 Å². The van der Waals surface area contributed by atoms with Crippen LogP contribution in [0.15, 0.2) is 18.2 Å². The Hall–Kier alpha value is -0.310. The summed E-state index contributed by atoms with van der Waals surface area (Å²) in [4.78, 5) is 2.07. The molecule has 82 valence electrons. The van der Waals surface area contributed by atoms with Crippen molar-refractivity contribution in [2.75, 3.05) is 6.54 Å². The van der Waals surface area contributed by atoms with Gasteiger partial charge in [0.1, 0.15) is 5.82 Å². The van der Waals surface area contributed by atoms with E-state index in [1.54, 1.807) is 12.1 Å². The van der Waals surface area contributed by atoms with Crippen LogP contribution in [-0.2, 0) is 6.54 Å². The van der Waals surface area contributed by atoms with Crippen LogP contribution in [0.4, 0.5) is 4.39 Å². The molecule has 0 N–H and O–H groups in total. The zero-order valence-electron chi connectivity index (χ0n) is 8.22. The maximum Gasteiger partial charge on any atom is 0.127 e. The molecule has 1 fully saturated rings. The molecular formula is C11H12Cl2FN. The molecule has 0 aromatic heterocycles. The molecule has 0 radical (unpaired) electrons. The van der Waals surface area contributed by atoms with Crippen LogP contribution in [0.5, 0.6) is 0 Å².